The van der Waals surface area contributed by atoms with Crippen LogP contribution in [0, 0.1) is 23.3 Å². The summed E-state index contributed by atoms with van der Waals surface area (Å²) >= 11 is 0. The van der Waals surface area contributed by atoms with Gasteiger partial charge in [-0.2, -0.15) is 8.78 Å². The van der Waals surface area contributed by atoms with E-state index in [0.717, 1.165) is 38.5 Å². The zero-order chi connectivity index (χ0) is 21.5. The molecule has 166 valence electrons. The van der Waals surface area contributed by atoms with Crippen molar-refractivity contribution in [1.29, 1.82) is 0 Å². The lowest BCUT2D eigenvalue weighted by Crippen LogP contribution is -2.11. The Kier molecular flexibility index (Phi) is 13.4. The Morgan fingerprint density at radius 2 is 1.07 bits per heavy atom. The van der Waals surface area contributed by atoms with Gasteiger partial charge in [-0.3, -0.25) is 4.79 Å². The number of rotatable bonds is 16. The first-order valence-electron chi connectivity index (χ1n) is 10.6. The molecule has 0 aliphatic carbocycles. The van der Waals surface area contributed by atoms with Gasteiger partial charge in [-0.1, -0.05) is 70.6 Å². The van der Waals surface area contributed by atoms with Crippen LogP contribution >= 0.6 is 0 Å². The minimum Gasteiger partial charge on any atom is -0.420 e. The number of carbonyl (C=O) groups is 1. The second kappa shape index (κ2) is 15.2. The van der Waals surface area contributed by atoms with E-state index in [9.17, 15) is 22.4 Å². The molecule has 1 aromatic rings. The van der Waals surface area contributed by atoms with Crippen molar-refractivity contribution in [2.45, 2.75) is 89.9 Å². The van der Waals surface area contributed by atoms with Gasteiger partial charge in [-0.05, 0) is 12.8 Å². The number of benzene rings is 1. The Hall–Kier alpha value is -1.63. The molecule has 0 spiro atoms. The zero-order valence-electron chi connectivity index (χ0n) is 17.0. The first-order chi connectivity index (χ1) is 14.0. The van der Waals surface area contributed by atoms with Crippen molar-refractivity contribution in [2.24, 2.45) is 0 Å². The van der Waals surface area contributed by atoms with Crippen molar-refractivity contribution in [3.05, 3.63) is 29.3 Å². The average molecular weight is 420 g/mol. The van der Waals surface area contributed by atoms with Gasteiger partial charge in [0.25, 0.3) is 0 Å². The number of aliphatic hydroxyl groups is 1. The Labute approximate surface area is 170 Å². The van der Waals surface area contributed by atoms with Crippen molar-refractivity contribution < 1.29 is 32.2 Å². The molecule has 0 aliphatic heterocycles. The number of esters is 1. The third-order valence-corrected chi connectivity index (χ3v) is 4.83. The van der Waals surface area contributed by atoms with Gasteiger partial charge in [-0.15, -0.1) is 0 Å². The lowest BCUT2D eigenvalue weighted by molar-refractivity contribution is -0.135. The summed E-state index contributed by atoms with van der Waals surface area (Å²) in [6, 6.07) is 0.0707. The highest BCUT2D eigenvalue weighted by atomic mass is 19.2. The molecule has 0 fully saturated rings. The molecule has 0 saturated heterocycles. The van der Waals surface area contributed by atoms with Crippen LogP contribution in [-0.4, -0.2) is 17.7 Å². The van der Waals surface area contributed by atoms with Crippen molar-refractivity contribution >= 4 is 5.97 Å². The molecule has 7 heteroatoms. The van der Waals surface area contributed by atoms with Crippen LogP contribution in [0.2, 0.25) is 0 Å². The molecule has 0 amide bonds. The Bertz CT molecular complexity index is 582. The van der Waals surface area contributed by atoms with E-state index in [-0.39, 0.29) is 19.1 Å². The summed E-state index contributed by atoms with van der Waals surface area (Å²) < 4.78 is 57.5. The monoisotopic (exact) mass is 420 g/mol. The molecule has 0 atom stereocenters. The average Bonchev–Trinajstić information content (AvgIpc) is 2.70. The second-order valence-electron chi connectivity index (χ2n) is 7.34. The largest absolute Gasteiger partial charge is 0.420 e. The summed E-state index contributed by atoms with van der Waals surface area (Å²) in [5.41, 5.74) is 0. The van der Waals surface area contributed by atoms with Gasteiger partial charge in [0.05, 0.1) is 0 Å². The molecule has 0 heterocycles. The number of halogens is 4. The smallest absolute Gasteiger partial charge is 0.311 e. The maximum atomic E-state index is 13.4. The molecule has 0 bridgehead atoms. The maximum absolute atomic E-state index is 13.4. The van der Waals surface area contributed by atoms with E-state index in [1.165, 1.54) is 38.5 Å². The lowest BCUT2D eigenvalue weighted by atomic mass is 10.0. The van der Waals surface area contributed by atoms with Crippen LogP contribution < -0.4 is 4.74 Å². The van der Waals surface area contributed by atoms with Crippen LogP contribution in [0.1, 0.15) is 89.9 Å². The number of unbranched alkanes of at least 4 members (excludes halogenated alkanes) is 12. The van der Waals surface area contributed by atoms with E-state index < -0.39 is 35.0 Å². The van der Waals surface area contributed by atoms with E-state index in [4.69, 9.17) is 5.11 Å². The normalized spacial score (nSPS) is 11.1. The number of hydrogen-bond acceptors (Lipinski definition) is 3. The number of ether oxygens (including phenoxy) is 1. The van der Waals surface area contributed by atoms with Crippen LogP contribution in [0.5, 0.6) is 5.75 Å². The van der Waals surface area contributed by atoms with E-state index in [2.05, 4.69) is 4.74 Å². The molecule has 3 nitrogen and oxygen atoms in total. The van der Waals surface area contributed by atoms with Crippen LogP contribution in [0.3, 0.4) is 0 Å². The van der Waals surface area contributed by atoms with Gasteiger partial charge < -0.3 is 9.84 Å². The van der Waals surface area contributed by atoms with E-state index in [1.807, 2.05) is 0 Å². The number of aliphatic hydroxyl groups excluding tert-OH is 1. The van der Waals surface area contributed by atoms with Gasteiger partial charge in [0.15, 0.2) is 11.6 Å². The molecule has 29 heavy (non-hydrogen) atoms. The highest BCUT2D eigenvalue weighted by molar-refractivity contribution is 5.72. The lowest BCUT2D eigenvalue weighted by Gasteiger charge is -2.08. The predicted molar refractivity (Wildman–Crippen MR) is 104 cm³/mol. The first-order valence-corrected chi connectivity index (χ1v) is 10.6. The first kappa shape index (κ1) is 25.4. The fourth-order valence-corrected chi connectivity index (χ4v) is 3.13. The van der Waals surface area contributed by atoms with E-state index >= 15 is 0 Å². The van der Waals surface area contributed by atoms with E-state index in [0.29, 0.717) is 6.42 Å². The van der Waals surface area contributed by atoms with Gasteiger partial charge in [0, 0.05) is 19.1 Å². The Balaban J connectivity index is 2.03. The minimum atomic E-state index is -1.71. The summed E-state index contributed by atoms with van der Waals surface area (Å²) in [4.78, 5) is 11.6. The maximum Gasteiger partial charge on any atom is 0.311 e. The third-order valence-electron chi connectivity index (χ3n) is 4.83. The molecule has 0 radical (unpaired) electrons. The molecule has 0 saturated carbocycles. The second-order valence-corrected chi connectivity index (χ2v) is 7.34. The van der Waals surface area contributed by atoms with Gasteiger partial charge in [0.2, 0.25) is 17.4 Å². The molecular formula is C22H32F4O3. The van der Waals surface area contributed by atoms with Crippen molar-refractivity contribution in [3.63, 3.8) is 0 Å². The SMILES string of the molecule is O=C(CCCCCCCCCCCCCCCO)Oc1c(F)c(F)cc(F)c1F. The minimum absolute atomic E-state index is 0.0622. The van der Waals surface area contributed by atoms with Crippen molar-refractivity contribution in [1.82, 2.24) is 0 Å². The highest BCUT2D eigenvalue weighted by Crippen LogP contribution is 2.27. The summed E-state index contributed by atoms with van der Waals surface area (Å²) in [5, 5.41) is 8.69. The Morgan fingerprint density at radius 1 is 0.690 bits per heavy atom. The van der Waals surface area contributed by atoms with Crippen molar-refractivity contribution in [3.8, 4) is 5.75 Å². The molecule has 0 aromatic heterocycles. The van der Waals surface area contributed by atoms with Crippen LogP contribution in [-0.2, 0) is 4.79 Å². The molecular weight excluding hydrogens is 388 g/mol. The number of hydrogen-bond donors (Lipinski definition) is 1. The van der Waals surface area contributed by atoms with Crippen LogP contribution in [0.15, 0.2) is 6.07 Å². The molecule has 1 N–H and O–H groups in total. The molecule has 0 aliphatic rings. The number of carbonyl (C=O) groups excluding carboxylic acids is 1. The standard InChI is InChI=1S/C22H32F4O3/c23-17-16-18(24)21(26)22(20(17)25)29-19(28)14-12-10-8-6-4-2-1-3-5-7-9-11-13-15-27/h16,27H,1-15H2. The summed E-state index contributed by atoms with van der Waals surface area (Å²) in [5.74, 6) is -8.85. The quantitative estimate of drug-likeness (QED) is 0.108. The topological polar surface area (TPSA) is 46.5 Å². The fourth-order valence-electron chi connectivity index (χ4n) is 3.13. The molecule has 0 unspecified atom stereocenters. The Morgan fingerprint density at radius 3 is 1.48 bits per heavy atom. The van der Waals surface area contributed by atoms with Gasteiger partial charge in [-0.25, -0.2) is 8.78 Å². The molecule has 1 rings (SSSR count). The van der Waals surface area contributed by atoms with Crippen molar-refractivity contribution in [2.75, 3.05) is 6.61 Å². The van der Waals surface area contributed by atoms with Gasteiger partial charge in [0.1, 0.15) is 0 Å². The summed E-state index contributed by atoms with van der Waals surface area (Å²) in [6.45, 7) is 0.283. The summed E-state index contributed by atoms with van der Waals surface area (Å²) in [7, 11) is 0. The third kappa shape index (κ3) is 10.6. The zero-order valence-corrected chi connectivity index (χ0v) is 17.0. The fraction of sp³-hybridized carbons (Fsp3) is 0.682. The van der Waals surface area contributed by atoms with Crippen LogP contribution in [0.25, 0.3) is 0 Å². The highest BCUT2D eigenvalue weighted by Gasteiger charge is 2.22. The van der Waals surface area contributed by atoms with E-state index in [1.54, 1.807) is 0 Å². The molecule has 1 aromatic carbocycles. The van der Waals surface area contributed by atoms with Crippen LogP contribution in [0.4, 0.5) is 17.6 Å². The predicted octanol–water partition coefficient (Wildman–Crippen LogP) is 6.60. The van der Waals surface area contributed by atoms with Gasteiger partial charge >= 0.3 is 5.97 Å². The summed E-state index contributed by atoms with van der Waals surface area (Å²) in [6.07, 6.45) is 13.6.